The van der Waals surface area contributed by atoms with Crippen molar-refractivity contribution in [2.75, 3.05) is 0 Å². The molecule has 1 radical (unpaired) electrons. The van der Waals surface area contributed by atoms with Gasteiger partial charge in [0.05, 0.1) is 17.6 Å². The SMILES string of the molecule is [2H]C(C)(C)c1ccc2c(c1)oc1c(-c3nc4ccnnc4n3-c3ccccc3)[c-]ccc12.[Ir].[c-]1ccccc1-c1ccccn1. The van der Waals surface area contributed by atoms with E-state index >= 15 is 0 Å². The molecule has 0 N–H and O–H groups in total. The second-order valence-corrected chi connectivity index (χ2v) is 10.2. The molecule has 0 unspecified atom stereocenters. The Morgan fingerprint density at radius 3 is 2.43 bits per heavy atom. The summed E-state index contributed by atoms with van der Waals surface area (Å²) in [4.78, 5) is 9.09. The van der Waals surface area contributed by atoms with Crippen molar-refractivity contribution in [1.29, 1.82) is 0 Å². The molecule has 8 aromatic rings. The molecule has 7 heteroatoms. The summed E-state index contributed by atoms with van der Waals surface area (Å²) in [7, 11) is 0. The molecule has 0 atom stereocenters. The normalized spacial score (nSPS) is 11.5. The Hall–Kier alpha value is -4.97. The molecule has 0 bridgehead atoms. The van der Waals surface area contributed by atoms with Crippen LogP contribution in [0.1, 0.15) is 26.7 Å². The zero-order valence-corrected chi connectivity index (χ0v) is 26.4. The van der Waals surface area contributed by atoms with Crippen LogP contribution in [-0.4, -0.2) is 24.7 Å². The van der Waals surface area contributed by atoms with Gasteiger partial charge in [-0.2, -0.15) is 5.10 Å². The molecule has 217 valence electrons. The van der Waals surface area contributed by atoms with Gasteiger partial charge in [-0.15, -0.1) is 59.2 Å². The summed E-state index contributed by atoms with van der Waals surface area (Å²) in [6, 6.07) is 41.9. The largest absolute Gasteiger partial charge is 0.501 e. The van der Waals surface area contributed by atoms with E-state index in [4.69, 9.17) is 10.8 Å². The molecular weight excluding hydrogens is 723 g/mol. The maximum absolute atomic E-state index is 8.37. The van der Waals surface area contributed by atoms with E-state index in [0.29, 0.717) is 17.1 Å². The molecule has 6 nitrogen and oxygen atoms in total. The molecule has 0 aliphatic heterocycles. The average molecular weight is 751 g/mol. The van der Waals surface area contributed by atoms with E-state index in [2.05, 4.69) is 27.3 Å². The van der Waals surface area contributed by atoms with Gasteiger partial charge in [-0.25, -0.2) is 0 Å². The molecule has 0 saturated heterocycles. The number of hydrogen-bond donors (Lipinski definition) is 0. The Bertz CT molecular complexity index is 2170. The summed E-state index contributed by atoms with van der Waals surface area (Å²) in [5.41, 5.74) is 7.49. The van der Waals surface area contributed by atoms with Crippen LogP contribution < -0.4 is 0 Å². The number of imidazole rings is 1. The van der Waals surface area contributed by atoms with Gasteiger partial charge in [-0.05, 0) is 47.5 Å². The number of nitrogens with zero attached hydrogens (tertiary/aromatic N) is 5. The Kier molecular flexibility index (Phi) is 8.05. The number of para-hydroxylation sites is 1. The second-order valence-electron chi connectivity index (χ2n) is 10.2. The molecule has 4 aromatic heterocycles. The number of pyridine rings is 1. The van der Waals surface area contributed by atoms with Gasteiger partial charge >= 0.3 is 0 Å². The molecule has 4 heterocycles. The summed E-state index contributed by atoms with van der Waals surface area (Å²) < 4.78 is 16.7. The number of aromatic nitrogens is 5. The Morgan fingerprint density at radius 2 is 1.66 bits per heavy atom. The van der Waals surface area contributed by atoms with E-state index in [9.17, 15) is 0 Å². The van der Waals surface area contributed by atoms with Crippen LogP contribution in [0.4, 0.5) is 0 Å². The Morgan fingerprint density at radius 1 is 0.818 bits per heavy atom. The van der Waals surface area contributed by atoms with Gasteiger partial charge in [0.15, 0.2) is 5.65 Å². The van der Waals surface area contributed by atoms with Gasteiger partial charge in [0, 0.05) is 38.7 Å². The minimum absolute atomic E-state index is 0. The van der Waals surface area contributed by atoms with Gasteiger partial charge in [-0.3, -0.25) is 4.98 Å². The van der Waals surface area contributed by atoms with Crippen LogP contribution >= 0.6 is 0 Å². The second kappa shape index (κ2) is 12.7. The first kappa shape index (κ1) is 27.8. The van der Waals surface area contributed by atoms with E-state index in [0.717, 1.165) is 49.9 Å². The minimum Gasteiger partial charge on any atom is -0.501 e. The summed E-state index contributed by atoms with van der Waals surface area (Å²) in [6.07, 6.45) is 3.43. The predicted molar refractivity (Wildman–Crippen MR) is 171 cm³/mol. The summed E-state index contributed by atoms with van der Waals surface area (Å²) in [6.45, 7) is 3.75. The first-order chi connectivity index (χ1) is 21.5. The van der Waals surface area contributed by atoms with E-state index in [-0.39, 0.29) is 20.1 Å². The van der Waals surface area contributed by atoms with Crippen LogP contribution in [-0.2, 0) is 20.1 Å². The molecule has 0 saturated carbocycles. The fraction of sp³-hybridized carbons (Fsp3) is 0.0811. The third kappa shape index (κ3) is 5.55. The molecule has 8 rings (SSSR count). The van der Waals surface area contributed by atoms with Crippen molar-refractivity contribution in [1.82, 2.24) is 24.7 Å². The molecule has 0 spiro atoms. The summed E-state index contributed by atoms with van der Waals surface area (Å²) in [5, 5.41) is 10.4. The first-order valence-electron chi connectivity index (χ1n) is 14.5. The van der Waals surface area contributed by atoms with Crippen LogP contribution in [0, 0.1) is 12.1 Å². The van der Waals surface area contributed by atoms with E-state index < -0.39 is 5.89 Å². The molecule has 0 aliphatic carbocycles. The number of rotatable bonds is 4. The van der Waals surface area contributed by atoms with Crippen LogP contribution in [0.5, 0.6) is 0 Å². The van der Waals surface area contributed by atoms with Crippen molar-refractivity contribution in [3.63, 3.8) is 0 Å². The maximum Gasteiger partial charge on any atom is 0.178 e. The minimum atomic E-state index is -0.706. The average Bonchev–Trinajstić information content (AvgIpc) is 3.64. The fourth-order valence-electron chi connectivity index (χ4n) is 5.11. The third-order valence-electron chi connectivity index (χ3n) is 7.23. The fourth-order valence-corrected chi connectivity index (χ4v) is 5.11. The molecule has 44 heavy (non-hydrogen) atoms. The van der Waals surface area contributed by atoms with Gasteiger partial charge < -0.3 is 14.0 Å². The van der Waals surface area contributed by atoms with Crippen molar-refractivity contribution in [2.24, 2.45) is 0 Å². The summed E-state index contributed by atoms with van der Waals surface area (Å²) in [5.74, 6) is -0.0142. The van der Waals surface area contributed by atoms with Crippen LogP contribution in [0.15, 0.2) is 126 Å². The quantitative estimate of drug-likeness (QED) is 0.168. The van der Waals surface area contributed by atoms with Crippen LogP contribution in [0.25, 0.3) is 61.4 Å². The van der Waals surface area contributed by atoms with Crippen molar-refractivity contribution >= 4 is 33.1 Å². The standard InChI is InChI=1S/C26H19N4O.C11H8N.Ir/c1-16(2)17-11-12-19-20-9-6-10-21(24(20)31-23(19)15-17)25-28-22-13-14-27-29-26(22)30(25)18-7-4-3-5-8-18;1-2-6-10(7-3-1)11-8-4-5-9-12-11;/h3-9,11-16H,1-2H3;1-6,8-9H;/q2*-1;/i16D;;. The predicted octanol–water partition coefficient (Wildman–Crippen LogP) is 8.85. The van der Waals surface area contributed by atoms with Crippen molar-refractivity contribution in [2.45, 2.75) is 19.7 Å². The van der Waals surface area contributed by atoms with Gasteiger partial charge in [-0.1, -0.05) is 67.3 Å². The van der Waals surface area contributed by atoms with Crippen LogP contribution in [0.2, 0.25) is 0 Å². The third-order valence-corrected chi connectivity index (χ3v) is 7.23. The zero-order chi connectivity index (χ0) is 30.1. The first-order valence-corrected chi connectivity index (χ1v) is 14.0. The Balaban J connectivity index is 0.000000231. The Labute approximate surface area is 270 Å². The molecule has 0 fully saturated rings. The topological polar surface area (TPSA) is 69.6 Å². The van der Waals surface area contributed by atoms with Crippen LogP contribution in [0.3, 0.4) is 0 Å². The van der Waals surface area contributed by atoms with Gasteiger partial charge in [0.1, 0.15) is 11.1 Å². The summed E-state index contributed by atoms with van der Waals surface area (Å²) >= 11 is 0. The maximum atomic E-state index is 8.37. The molecule has 0 amide bonds. The van der Waals surface area contributed by atoms with E-state index in [1.54, 1.807) is 12.4 Å². The van der Waals surface area contributed by atoms with Crippen molar-refractivity contribution in [3.05, 3.63) is 139 Å². The molecule has 4 aromatic carbocycles. The van der Waals surface area contributed by atoms with Crippen molar-refractivity contribution in [3.8, 4) is 28.3 Å². The number of furan rings is 1. The van der Waals surface area contributed by atoms with Crippen molar-refractivity contribution < 1.29 is 25.9 Å². The number of fused-ring (bicyclic) bond motifs is 4. The number of hydrogen-bond acceptors (Lipinski definition) is 5. The zero-order valence-electron chi connectivity index (χ0n) is 25.0. The molecule has 0 aliphatic rings. The number of benzene rings is 4. The van der Waals surface area contributed by atoms with E-state index in [1.165, 1.54) is 0 Å². The monoisotopic (exact) mass is 751 g/mol. The van der Waals surface area contributed by atoms with E-state index in [1.807, 2.05) is 128 Å². The van der Waals surface area contributed by atoms with Gasteiger partial charge in [0.25, 0.3) is 0 Å². The molecular formula is C37H27IrN5O-2. The smallest absolute Gasteiger partial charge is 0.178 e. The van der Waals surface area contributed by atoms with Gasteiger partial charge in [0.2, 0.25) is 0 Å².